The van der Waals surface area contributed by atoms with Gasteiger partial charge in [-0.2, -0.15) is 11.8 Å². The summed E-state index contributed by atoms with van der Waals surface area (Å²) >= 11 is 1.42. The number of hydrogen-bond donors (Lipinski definition) is 10. The van der Waals surface area contributed by atoms with E-state index in [0.29, 0.717) is 31.3 Å². The van der Waals surface area contributed by atoms with Crippen LogP contribution in [0, 0.1) is 17.8 Å². The molecule has 0 bridgehead atoms. The van der Waals surface area contributed by atoms with Crippen molar-refractivity contribution in [1.29, 1.82) is 0 Å². The van der Waals surface area contributed by atoms with Crippen LogP contribution in [0.25, 0.3) is 0 Å². The van der Waals surface area contributed by atoms with Crippen LogP contribution in [0.5, 0.6) is 0 Å². The van der Waals surface area contributed by atoms with E-state index in [1.807, 2.05) is 13.8 Å². The molecule has 374 valence electrons. The van der Waals surface area contributed by atoms with Crippen molar-refractivity contribution < 1.29 is 63.3 Å². The maximum atomic E-state index is 13.9. The number of likely N-dealkylation sites (tertiary alicyclic amines) is 2. The lowest BCUT2D eigenvalue weighted by Gasteiger charge is -2.31. The van der Waals surface area contributed by atoms with Crippen LogP contribution < -0.4 is 37.6 Å². The van der Waals surface area contributed by atoms with Crippen molar-refractivity contribution in [3.05, 3.63) is 0 Å². The molecule has 0 saturated carbocycles. The van der Waals surface area contributed by atoms with Crippen LogP contribution in [0.1, 0.15) is 99.3 Å². The number of carbonyl (C=O) groups excluding carboxylic acids is 9. The Morgan fingerprint density at radius 1 is 0.652 bits per heavy atom. The number of aldehydes is 1. The summed E-state index contributed by atoms with van der Waals surface area (Å²) in [5.41, 5.74) is 5.65. The molecule has 8 amide bonds. The molecule has 2 rings (SSSR count). The standard InChI is InChI=1S/C43H73N9O13S/c1-23(2)18-26(20-53)45-41(63)35(25(5)6)50-40(62)33-11-9-16-52(33)43(65)31(22-55)49-38(60)30(19-24(3)4)48-37(59)28(12-13-34(56)57)46-39(61)32-10-8-15-51(32)42(64)29(14-17-66-7)47-36(58)27(44)21-54/h20,23-33,35,54-55H,8-19,21-22,44H2,1-7H3,(H,45,63)(H,46,61)(H,47,58)(H,48,59)(H,49,60)(H,50,62)(H,56,57)/t26-,27-,28-,29-,30-,31-,32-,33-,35-/m0/s1. The molecular formula is C43H73N9O13S. The van der Waals surface area contributed by atoms with E-state index >= 15 is 0 Å². The fourth-order valence-electron chi connectivity index (χ4n) is 7.81. The van der Waals surface area contributed by atoms with Gasteiger partial charge in [0, 0.05) is 19.5 Å². The molecule has 0 radical (unpaired) electrons. The molecule has 66 heavy (non-hydrogen) atoms. The minimum atomic E-state index is -1.57. The zero-order valence-electron chi connectivity index (χ0n) is 39.2. The van der Waals surface area contributed by atoms with Crippen LogP contribution in [0.15, 0.2) is 0 Å². The molecule has 0 spiro atoms. The summed E-state index contributed by atoms with van der Waals surface area (Å²) in [6.07, 6.45) is 3.27. The van der Waals surface area contributed by atoms with Gasteiger partial charge >= 0.3 is 5.97 Å². The van der Waals surface area contributed by atoms with Crippen molar-refractivity contribution >= 4 is 71.3 Å². The molecule has 23 heteroatoms. The van der Waals surface area contributed by atoms with Crippen molar-refractivity contribution in [2.75, 3.05) is 38.3 Å². The van der Waals surface area contributed by atoms with Gasteiger partial charge in [0.1, 0.15) is 54.6 Å². The number of amides is 8. The fraction of sp³-hybridized carbons (Fsp3) is 0.767. The highest BCUT2D eigenvalue weighted by atomic mass is 32.2. The van der Waals surface area contributed by atoms with E-state index in [2.05, 4.69) is 31.9 Å². The number of nitrogens with two attached hydrogens (primary N) is 1. The summed E-state index contributed by atoms with van der Waals surface area (Å²) < 4.78 is 0. The zero-order valence-corrected chi connectivity index (χ0v) is 40.0. The minimum absolute atomic E-state index is 0.00698. The van der Waals surface area contributed by atoms with Gasteiger partial charge in [-0.3, -0.25) is 43.2 Å². The molecule has 2 aliphatic rings. The fourth-order valence-corrected chi connectivity index (χ4v) is 8.28. The lowest BCUT2D eigenvalue weighted by Crippen LogP contribution is -2.61. The molecule has 11 N–H and O–H groups in total. The summed E-state index contributed by atoms with van der Waals surface area (Å²) in [4.78, 5) is 134. The van der Waals surface area contributed by atoms with Crippen LogP contribution in [0.3, 0.4) is 0 Å². The van der Waals surface area contributed by atoms with Gasteiger partial charge in [-0.15, -0.1) is 0 Å². The molecular weight excluding hydrogens is 883 g/mol. The Morgan fingerprint density at radius 2 is 1.17 bits per heavy atom. The summed E-state index contributed by atoms with van der Waals surface area (Å²) in [5, 5.41) is 44.7. The number of nitrogens with one attached hydrogen (secondary N) is 6. The van der Waals surface area contributed by atoms with Gasteiger partial charge in [0.05, 0.1) is 19.3 Å². The van der Waals surface area contributed by atoms with Crippen LogP contribution in [-0.2, 0) is 47.9 Å². The highest BCUT2D eigenvalue weighted by Gasteiger charge is 2.42. The Bertz CT molecular complexity index is 1700. The van der Waals surface area contributed by atoms with E-state index in [1.54, 1.807) is 34.0 Å². The number of carboxylic acids is 1. The predicted molar refractivity (Wildman–Crippen MR) is 243 cm³/mol. The third-order valence-corrected chi connectivity index (χ3v) is 12.0. The molecule has 0 aromatic carbocycles. The monoisotopic (exact) mass is 956 g/mol. The first-order chi connectivity index (χ1) is 31.1. The number of thioether (sulfide) groups is 1. The summed E-state index contributed by atoms with van der Waals surface area (Å²) in [5.74, 6) is -7.26. The third kappa shape index (κ3) is 17.7. The molecule has 2 heterocycles. The molecule has 2 fully saturated rings. The van der Waals surface area contributed by atoms with Crippen molar-refractivity contribution in [2.24, 2.45) is 23.5 Å². The van der Waals surface area contributed by atoms with Crippen molar-refractivity contribution in [1.82, 2.24) is 41.7 Å². The van der Waals surface area contributed by atoms with Gasteiger partial charge in [0.15, 0.2) is 0 Å². The Balaban J connectivity index is 2.26. The topological polar surface area (TPSA) is 336 Å². The van der Waals surface area contributed by atoms with Crippen LogP contribution >= 0.6 is 11.8 Å². The molecule has 2 saturated heterocycles. The molecule has 2 aliphatic heterocycles. The number of aliphatic hydroxyl groups excluding tert-OH is 2. The smallest absolute Gasteiger partial charge is 0.303 e. The molecule has 0 aliphatic carbocycles. The molecule has 9 atom stereocenters. The molecule has 22 nitrogen and oxygen atoms in total. The van der Waals surface area contributed by atoms with Gasteiger partial charge in [-0.1, -0.05) is 41.5 Å². The third-order valence-electron chi connectivity index (χ3n) is 11.3. The maximum Gasteiger partial charge on any atom is 0.303 e. The summed E-state index contributed by atoms with van der Waals surface area (Å²) in [6.45, 7) is 9.42. The largest absolute Gasteiger partial charge is 0.481 e. The first kappa shape index (κ1) is 57.3. The Hall–Kier alpha value is -4.87. The predicted octanol–water partition coefficient (Wildman–Crippen LogP) is -2.25. The molecule has 0 unspecified atom stereocenters. The SMILES string of the molecule is CSCC[C@H](NC(=O)[C@@H](N)CO)C(=O)N1CCC[C@H]1C(=O)N[C@@H](CCC(=O)O)C(=O)N[C@@H](CC(C)C)C(=O)N[C@@H](CO)C(=O)N1CCC[C@H]1C(=O)N[C@H](C(=O)N[C@H](C=O)CC(C)C)C(C)C. The first-order valence-electron chi connectivity index (χ1n) is 22.7. The highest BCUT2D eigenvalue weighted by Crippen LogP contribution is 2.22. The second-order valence-electron chi connectivity index (χ2n) is 18.1. The highest BCUT2D eigenvalue weighted by molar-refractivity contribution is 7.98. The summed E-state index contributed by atoms with van der Waals surface area (Å²) in [7, 11) is 0. The van der Waals surface area contributed by atoms with E-state index in [1.165, 1.54) is 21.6 Å². The van der Waals surface area contributed by atoms with Gasteiger partial charge in [0.25, 0.3) is 0 Å². The van der Waals surface area contributed by atoms with E-state index in [9.17, 15) is 63.3 Å². The summed E-state index contributed by atoms with van der Waals surface area (Å²) in [6, 6.07) is -10.7. The molecule has 0 aromatic heterocycles. The number of aliphatic carboxylic acids is 1. The Labute approximate surface area is 390 Å². The Kier molecular flexibility index (Phi) is 24.6. The average Bonchev–Trinajstić information content (AvgIpc) is 3.97. The zero-order chi connectivity index (χ0) is 49.8. The van der Waals surface area contributed by atoms with Gasteiger partial charge < -0.3 is 67.5 Å². The van der Waals surface area contributed by atoms with Gasteiger partial charge in [0.2, 0.25) is 47.3 Å². The average molecular weight is 956 g/mol. The van der Waals surface area contributed by atoms with Gasteiger partial charge in [-0.05, 0) is 81.1 Å². The minimum Gasteiger partial charge on any atom is -0.481 e. The number of nitrogens with zero attached hydrogens (tertiary/aromatic N) is 2. The van der Waals surface area contributed by atoms with Crippen LogP contribution in [-0.4, -0.2) is 177 Å². The molecule has 0 aromatic rings. The van der Waals surface area contributed by atoms with Crippen molar-refractivity contribution in [3.8, 4) is 0 Å². The normalized spacial score (nSPS) is 19.2. The second-order valence-corrected chi connectivity index (χ2v) is 19.0. The van der Waals surface area contributed by atoms with E-state index < -0.39 is 140 Å². The number of rotatable bonds is 28. The lowest BCUT2D eigenvalue weighted by molar-refractivity contribution is -0.143. The maximum absolute atomic E-state index is 13.9. The van der Waals surface area contributed by atoms with Crippen molar-refractivity contribution in [3.63, 3.8) is 0 Å². The number of aliphatic hydroxyl groups is 2. The number of carbonyl (C=O) groups is 10. The van der Waals surface area contributed by atoms with E-state index in [4.69, 9.17) is 5.73 Å². The van der Waals surface area contributed by atoms with Gasteiger partial charge in [-0.25, -0.2) is 0 Å². The van der Waals surface area contributed by atoms with E-state index in [-0.39, 0.29) is 50.6 Å². The van der Waals surface area contributed by atoms with Crippen LogP contribution in [0.4, 0.5) is 0 Å². The second kappa shape index (κ2) is 28.3. The number of carboxylic acid groups (broad SMARTS) is 1. The van der Waals surface area contributed by atoms with E-state index in [0.717, 1.165) is 0 Å². The van der Waals surface area contributed by atoms with Crippen molar-refractivity contribution in [2.45, 2.75) is 154 Å². The number of hydrogen-bond acceptors (Lipinski definition) is 14. The van der Waals surface area contributed by atoms with Crippen LogP contribution in [0.2, 0.25) is 0 Å². The lowest BCUT2D eigenvalue weighted by atomic mass is 10.0. The Morgan fingerprint density at radius 3 is 1.65 bits per heavy atom. The quantitative estimate of drug-likeness (QED) is 0.0371. The first-order valence-corrected chi connectivity index (χ1v) is 24.1.